The Bertz CT molecular complexity index is 848. The van der Waals surface area contributed by atoms with Crippen LogP contribution in [0, 0.1) is 11.6 Å². The van der Waals surface area contributed by atoms with Gasteiger partial charge in [-0.15, -0.1) is 0 Å². The fourth-order valence-electron chi connectivity index (χ4n) is 3.13. The van der Waals surface area contributed by atoms with Gasteiger partial charge in [0, 0.05) is 25.6 Å². The summed E-state index contributed by atoms with van der Waals surface area (Å²) in [6.45, 7) is 0.0545. The zero-order valence-electron chi connectivity index (χ0n) is 14.1. The number of nitrogens with two attached hydrogens (primary N) is 1. The lowest BCUT2D eigenvalue weighted by molar-refractivity contribution is -0.148. The van der Waals surface area contributed by atoms with Gasteiger partial charge in [-0.25, -0.2) is 13.8 Å². The molecule has 3 rings (SSSR count). The van der Waals surface area contributed by atoms with Gasteiger partial charge in [-0.3, -0.25) is 4.79 Å². The number of hydrogen-bond acceptors (Lipinski definition) is 3. The number of amides is 1. The first-order valence-corrected chi connectivity index (χ1v) is 8.24. The number of carbonyl (C=O) groups is 1. The van der Waals surface area contributed by atoms with Crippen molar-refractivity contribution in [2.75, 3.05) is 6.54 Å². The zero-order valence-corrected chi connectivity index (χ0v) is 14.1. The summed E-state index contributed by atoms with van der Waals surface area (Å²) in [7, 11) is 0. The van der Waals surface area contributed by atoms with Crippen LogP contribution in [-0.4, -0.2) is 32.9 Å². The average Bonchev–Trinajstić information content (AvgIpc) is 3.01. The maximum Gasteiger partial charge on any atom is 0.449 e. The summed E-state index contributed by atoms with van der Waals surface area (Å²) in [5, 5.41) is 0. The summed E-state index contributed by atoms with van der Waals surface area (Å²) in [5.74, 6) is -2.56. The Hall–Kier alpha value is -2.49. The lowest BCUT2D eigenvalue weighted by Crippen LogP contribution is -2.41. The molecule has 0 saturated heterocycles. The third kappa shape index (κ3) is 4.26. The van der Waals surface area contributed by atoms with Crippen molar-refractivity contribution in [3.63, 3.8) is 0 Å². The van der Waals surface area contributed by atoms with E-state index < -0.39 is 29.7 Å². The van der Waals surface area contributed by atoms with E-state index in [-0.39, 0.29) is 49.6 Å². The standard InChI is InChI=1S/C17H17F5N4O/c18-11-1-2-14(19)10(5-11)6-12(23)7-15(27)25-3-4-26-13(9-25)8-24-16(26)17(20,21)22/h1-2,5,8,12H,3-4,6-7,9,23H2/t12-/m1/s1. The molecule has 27 heavy (non-hydrogen) atoms. The van der Waals surface area contributed by atoms with E-state index in [1.807, 2.05) is 0 Å². The number of carbonyl (C=O) groups excluding carboxylic acids is 1. The van der Waals surface area contributed by atoms with Gasteiger partial charge in [0.15, 0.2) is 0 Å². The van der Waals surface area contributed by atoms with Gasteiger partial charge >= 0.3 is 6.18 Å². The largest absolute Gasteiger partial charge is 0.449 e. The van der Waals surface area contributed by atoms with E-state index >= 15 is 0 Å². The minimum atomic E-state index is -4.55. The van der Waals surface area contributed by atoms with Crippen LogP contribution >= 0.6 is 0 Å². The number of benzene rings is 1. The number of imidazole rings is 1. The van der Waals surface area contributed by atoms with Crippen LogP contribution in [0.5, 0.6) is 0 Å². The van der Waals surface area contributed by atoms with E-state index in [0.717, 1.165) is 29.0 Å². The Morgan fingerprint density at radius 1 is 1.26 bits per heavy atom. The highest BCUT2D eigenvalue weighted by atomic mass is 19.4. The van der Waals surface area contributed by atoms with Crippen molar-refractivity contribution in [1.29, 1.82) is 0 Å². The Labute approximate surface area is 151 Å². The predicted molar refractivity (Wildman–Crippen MR) is 85.3 cm³/mol. The monoisotopic (exact) mass is 388 g/mol. The van der Waals surface area contributed by atoms with Crippen molar-refractivity contribution in [1.82, 2.24) is 14.5 Å². The molecule has 1 aromatic heterocycles. The quantitative estimate of drug-likeness (QED) is 0.819. The summed E-state index contributed by atoms with van der Waals surface area (Å²) in [5.41, 5.74) is 6.24. The smallest absolute Gasteiger partial charge is 0.335 e. The van der Waals surface area contributed by atoms with Crippen LogP contribution in [0.25, 0.3) is 0 Å². The highest BCUT2D eigenvalue weighted by Crippen LogP contribution is 2.30. The number of nitrogens with zero attached hydrogens (tertiary/aromatic N) is 3. The van der Waals surface area contributed by atoms with Crippen LogP contribution < -0.4 is 5.73 Å². The van der Waals surface area contributed by atoms with Crippen LogP contribution in [0.1, 0.15) is 23.5 Å². The molecular weight excluding hydrogens is 371 g/mol. The third-order valence-corrected chi connectivity index (χ3v) is 4.42. The first-order valence-electron chi connectivity index (χ1n) is 8.24. The molecule has 146 valence electrons. The van der Waals surface area contributed by atoms with Crippen molar-refractivity contribution >= 4 is 5.91 Å². The van der Waals surface area contributed by atoms with Gasteiger partial charge < -0.3 is 15.2 Å². The lowest BCUT2D eigenvalue weighted by Gasteiger charge is -2.30. The summed E-state index contributed by atoms with van der Waals surface area (Å²) in [6, 6.07) is 2.26. The number of hydrogen-bond donors (Lipinski definition) is 1. The van der Waals surface area contributed by atoms with Crippen molar-refractivity contribution in [3.8, 4) is 0 Å². The second-order valence-electron chi connectivity index (χ2n) is 6.44. The topological polar surface area (TPSA) is 64.2 Å². The summed E-state index contributed by atoms with van der Waals surface area (Å²) < 4.78 is 66.5. The molecule has 0 fully saturated rings. The van der Waals surface area contributed by atoms with Crippen molar-refractivity contribution in [2.24, 2.45) is 5.73 Å². The molecule has 1 aromatic carbocycles. The van der Waals surface area contributed by atoms with Gasteiger partial charge in [0.05, 0.1) is 18.4 Å². The van der Waals surface area contributed by atoms with Gasteiger partial charge in [-0.2, -0.15) is 13.2 Å². The number of alkyl halides is 3. The van der Waals surface area contributed by atoms with Gasteiger partial charge in [0.1, 0.15) is 11.6 Å². The first kappa shape index (κ1) is 19.3. The molecule has 10 heteroatoms. The molecule has 1 atom stereocenters. The van der Waals surface area contributed by atoms with E-state index in [1.165, 1.54) is 4.90 Å². The van der Waals surface area contributed by atoms with Crippen LogP contribution in [0.15, 0.2) is 24.4 Å². The predicted octanol–water partition coefficient (Wildman–Crippen LogP) is 2.48. The molecule has 1 aliphatic rings. The highest BCUT2D eigenvalue weighted by molar-refractivity contribution is 5.77. The average molecular weight is 388 g/mol. The Morgan fingerprint density at radius 2 is 2.00 bits per heavy atom. The molecule has 2 heterocycles. The van der Waals surface area contributed by atoms with Gasteiger partial charge in [0.2, 0.25) is 11.7 Å². The fraction of sp³-hybridized carbons (Fsp3) is 0.412. The van der Waals surface area contributed by atoms with Crippen molar-refractivity contribution in [3.05, 3.63) is 53.1 Å². The summed E-state index contributed by atoms with van der Waals surface area (Å²) in [4.78, 5) is 17.2. The molecule has 5 nitrogen and oxygen atoms in total. The van der Waals surface area contributed by atoms with E-state index in [0.29, 0.717) is 0 Å². The molecule has 0 saturated carbocycles. The Balaban J connectivity index is 1.62. The van der Waals surface area contributed by atoms with Gasteiger partial charge in [0.25, 0.3) is 0 Å². The minimum absolute atomic E-state index is 0.0110. The van der Waals surface area contributed by atoms with E-state index in [2.05, 4.69) is 4.98 Å². The van der Waals surface area contributed by atoms with E-state index in [1.54, 1.807) is 0 Å². The van der Waals surface area contributed by atoms with Crippen LogP contribution in [-0.2, 0) is 30.5 Å². The molecule has 0 spiro atoms. The molecule has 0 unspecified atom stereocenters. The molecule has 1 aliphatic heterocycles. The molecule has 0 bridgehead atoms. The van der Waals surface area contributed by atoms with Crippen LogP contribution in [0.3, 0.4) is 0 Å². The third-order valence-electron chi connectivity index (χ3n) is 4.42. The zero-order chi connectivity index (χ0) is 19.8. The number of rotatable bonds is 4. The maximum atomic E-state index is 13.7. The molecule has 0 radical (unpaired) electrons. The molecule has 1 amide bonds. The number of halogens is 5. The molecular formula is C17H17F5N4O. The van der Waals surface area contributed by atoms with Gasteiger partial charge in [-0.05, 0) is 30.2 Å². The second kappa shape index (κ2) is 7.26. The molecule has 2 aromatic rings. The van der Waals surface area contributed by atoms with Gasteiger partial charge in [-0.1, -0.05) is 0 Å². The summed E-state index contributed by atoms with van der Waals surface area (Å²) >= 11 is 0. The van der Waals surface area contributed by atoms with Crippen LogP contribution in [0.2, 0.25) is 0 Å². The van der Waals surface area contributed by atoms with Crippen molar-refractivity contribution in [2.45, 2.75) is 38.1 Å². The van der Waals surface area contributed by atoms with E-state index in [4.69, 9.17) is 5.73 Å². The van der Waals surface area contributed by atoms with Crippen molar-refractivity contribution < 1.29 is 26.7 Å². The normalized spacial score (nSPS) is 15.6. The number of fused-ring (bicyclic) bond motifs is 1. The highest BCUT2D eigenvalue weighted by Gasteiger charge is 2.38. The molecule has 2 N–H and O–H groups in total. The fourth-order valence-corrected chi connectivity index (χ4v) is 3.13. The lowest BCUT2D eigenvalue weighted by atomic mass is 10.0. The maximum absolute atomic E-state index is 13.7. The Kier molecular flexibility index (Phi) is 5.18. The Morgan fingerprint density at radius 3 is 2.70 bits per heavy atom. The number of aromatic nitrogens is 2. The van der Waals surface area contributed by atoms with Crippen LogP contribution in [0.4, 0.5) is 22.0 Å². The first-order chi connectivity index (χ1) is 12.6. The summed E-state index contributed by atoms with van der Waals surface area (Å²) in [6.07, 6.45) is -3.61. The second-order valence-corrected chi connectivity index (χ2v) is 6.44. The minimum Gasteiger partial charge on any atom is -0.335 e. The SMILES string of the molecule is N[C@@H](CC(=O)N1CCn2c(cnc2C(F)(F)F)C1)Cc1cc(F)ccc1F. The van der Waals surface area contributed by atoms with E-state index in [9.17, 15) is 26.7 Å². The molecule has 0 aliphatic carbocycles.